The highest BCUT2D eigenvalue weighted by Crippen LogP contribution is 2.24. The molecule has 0 aliphatic carbocycles. The van der Waals surface area contributed by atoms with Crippen LogP contribution in [0.3, 0.4) is 0 Å². The van der Waals surface area contributed by atoms with Crippen LogP contribution in [0.4, 0.5) is 10.1 Å². The van der Waals surface area contributed by atoms with E-state index >= 15 is 0 Å². The Morgan fingerprint density at radius 1 is 1.21 bits per heavy atom. The molecule has 0 radical (unpaired) electrons. The van der Waals surface area contributed by atoms with Crippen LogP contribution in [0.5, 0.6) is 0 Å². The van der Waals surface area contributed by atoms with Crippen molar-refractivity contribution < 1.29 is 9.18 Å². The number of rotatable bonds is 5. The van der Waals surface area contributed by atoms with E-state index in [1.807, 2.05) is 48.1 Å². The molecular formula is C22H23FN4O. The van der Waals surface area contributed by atoms with Crippen LogP contribution in [0.1, 0.15) is 18.7 Å². The highest BCUT2D eigenvalue weighted by atomic mass is 19.1. The summed E-state index contributed by atoms with van der Waals surface area (Å²) in [5.74, 6) is 0.702. The Balaban J connectivity index is 1.42. The number of anilines is 1. The highest BCUT2D eigenvalue weighted by Gasteiger charge is 2.31. The lowest BCUT2D eigenvalue weighted by Gasteiger charge is -2.23. The van der Waals surface area contributed by atoms with Crippen LogP contribution in [0.25, 0.3) is 11.1 Å². The molecule has 1 N–H and O–H groups in total. The van der Waals surface area contributed by atoms with Crippen molar-refractivity contribution in [2.24, 2.45) is 7.05 Å². The molecule has 0 bridgehead atoms. The molecule has 1 aliphatic heterocycles. The minimum absolute atomic E-state index is 0.00483. The lowest BCUT2D eigenvalue weighted by atomic mass is 10.1. The molecule has 1 atom stereocenters. The number of halogens is 1. The quantitative estimate of drug-likeness (QED) is 0.734. The first-order valence-electron chi connectivity index (χ1n) is 9.47. The number of benzene rings is 2. The largest absolute Gasteiger partial charge is 0.337 e. The number of aromatic nitrogens is 2. The van der Waals surface area contributed by atoms with E-state index in [-0.39, 0.29) is 17.8 Å². The molecule has 1 fully saturated rings. The van der Waals surface area contributed by atoms with E-state index in [4.69, 9.17) is 0 Å². The zero-order chi connectivity index (χ0) is 19.5. The van der Waals surface area contributed by atoms with Gasteiger partial charge in [0.25, 0.3) is 0 Å². The first kappa shape index (κ1) is 18.4. The third kappa shape index (κ3) is 3.97. The molecule has 2 aromatic carbocycles. The number of amides is 1. The summed E-state index contributed by atoms with van der Waals surface area (Å²) in [6.45, 7) is 1.56. The Kier molecular flexibility index (Phi) is 5.21. The normalized spacial score (nSPS) is 17.0. The zero-order valence-electron chi connectivity index (χ0n) is 15.8. The predicted molar refractivity (Wildman–Crippen MR) is 107 cm³/mol. The summed E-state index contributed by atoms with van der Waals surface area (Å²) >= 11 is 0. The Bertz CT molecular complexity index is 967. The Morgan fingerprint density at radius 2 is 2.04 bits per heavy atom. The minimum atomic E-state index is -0.260. The summed E-state index contributed by atoms with van der Waals surface area (Å²) in [5, 5.41) is 3.02. The smallest absolute Gasteiger partial charge is 0.241 e. The molecule has 2 heterocycles. The summed E-state index contributed by atoms with van der Waals surface area (Å²) in [6.07, 6.45) is 5.54. The Morgan fingerprint density at radius 3 is 2.75 bits per heavy atom. The van der Waals surface area contributed by atoms with Crippen molar-refractivity contribution in [3.63, 3.8) is 0 Å². The van der Waals surface area contributed by atoms with Crippen LogP contribution in [-0.4, -0.2) is 32.9 Å². The molecule has 5 nitrogen and oxygen atoms in total. The molecule has 4 rings (SSSR count). The fourth-order valence-electron chi connectivity index (χ4n) is 3.68. The van der Waals surface area contributed by atoms with E-state index in [1.54, 1.807) is 12.3 Å². The van der Waals surface area contributed by atoms with Crippen molar-refractivity contribution in [2.75, 3.05) is 11.9 Å². The number of imidazole rings is 1. The Labute approximate surface area is 163 Å². The van der Waals surface area contributed by atoms with Crippen molar-refractivity contribution >= 4 is 11.6 Å². The van der Waals surface area contributed by atoms with Crippen LogP contribution in [-0.2, 0) is 18.4 Å². The molecule has 1 amide bonds. The van der Waals surface area contributed by atoms with Gasteiger partial charge in [0.15, 0.2) is 0 Å². The van der Waals surface area contributed by atoms with Gasteiger partial charge >= 0.3 is 0 Å². The maximum atomic E-state index is 13.4. The minimum Gasteiger partial charge on any atom is -0.337 e. The molecule has 0 spiro atoms. The van der Waals surface area contributed by atoms with Crippen LogP contribution in [0.2, 0.25) is 0 Å². The van der Waals surface area contributed by atoms with E-state index in [0.717, 1.165) is 42.0 Å². The molecule has 1 aromatic heterocycles. The van der Waals surface area contributed by atoms with E-state index in [2.05, 4.69) is 15.2 Å². The molecule has 3 aromatic rings. The topological polar surface area (TPSA) is 50.2 Å². The van der Waals surface area contributed by atoms with Crippen molar-refractivity contribution in [1.29, 1.82) is 0 Å². The lowest BCUT2D eigenvalue weighted by Crippen LogP contribution is -2.39. The number of nitrogens with zero attached hydrogens (tertiary/aromatic N) is 3. The van der Waals surface area contributed by atoms with Crippen molar-refractivity contribution in [2.45, 2.75) is 25.4 Å². The van der Waals surface area contributed by atoms with Gasteiger partial charge in [0.05, 0.1) is 12.6 Å². The van der Waals surface area contributed by atoms with Gasteiger partial charge in [-0.1, -0.05) is 24.3 Å². The van der Waals surface area contributed by atoms with E-state index < -0.39 is 0 Å². The fourth-order valence-corrected chi connectivity index (χ4v) is 3.68. The number of likely N-dealkylation sites (tertiary alicyclic amines) is 1. The highest BCUT2D eigenvalue weighted by molar-refractivity contribution is 5.95. The predicted octanol–water partition coefficient (Wildman–Crippen LogP) is 3.83. The van der Waals surface area contributed by atoms with E-state index in [0.29, 0.717) is 6.54 Å². The van der Waals surface area contributed by atoms with Crippen LogP contribution >= 0.6 is 0 Å². The summed E-state index contributed by atoms with van der Waals surface area (Å²) in [7, 11) is 1.97. The number of aryl methyl sites for hydroxylation is 1. The van der Waals surface area contributed by atoms with Gasteiger partial charge in [0, 0.05) is 25.1 Å². The van der Waals surface area contributed by atoms with Crippen molar-refractivity contribution in [1.82, 2.24) is 14.5 Å². The van der Waals surface area contributed by atoms with Gasteiger partial charge in [-0.3, -0.25) is 9.69 Å². The van der Waals surface area contributed by atoms with E-state index in [9.17, 15) is 9.18 Å². The standard InChI is InChI=1S/C22H23FN4O/c1-26-13-11-24-21(26)15-27-12-3-6-20(27)22(28)25-19-9-7-16(8-10-19)17-4-2-5-18(23)14-17/h2,4-5,7-11,13-14,20H,3,6,12,15H2,1H3,(H,25,28). The lowest BCUT2D eigenvalue weighted by molar-refractivity contribution is -0.120. The third-order valence-corrected chi connectivity index (χ3v) is 5.24. The first-order chi connectivity index (χ1) is 13.6. The van der Waals surface area contributed by atoms with Gasteiger partial charge in [-0.25, -0.2) is 9.37 Å². The maximum absolute atomic E-state index is 13.4. The second-order valence-electron chi connectivity index (χ2n) is 7.16. The number of hydrogen-bond donors (Lipinski definition) is 1. The van der Waals surface area contributed by atoms with Gasteiger partial charge in [0.1, 0.15) is 11.6 Å². The molecule has 1 unspecified atom stereocenters. The average molecular weight is 378 g/mol. The summed E-state index contributed by atoms with van der Waals surface area (Å²) in [6, 6.07) is 13.8. The summed E-state index contributed by atoms with van der Waals surface area (Å²) in [4.78, 5) is 19.4. The van der Waals surface area contributed by atoms with Gasteiger partial charge in [0.2, 0.25) is 5.91 Å². The summed E-state index contributed by atoms with van der Waals surface area (Å²) < 4.78 is 15.4. The van der Waals surface area contributed by atoms with Gasteiger partial charge in [-0.15, -0.1) is 0 Å². The molecule has 0 saturated carbocycles. The average Bonchev–Trinajstić information content (AvgIpc) is 3.32. The zero-order valence-corrected chi connectivity index (χ0v) is 15.8. The van der Waals surface area contributed by atoms with E-state index in [1.165, 1.54) is 12.1 Å². The first-order valence-corrected chi connectivity index (χ1v) is 9.47. The van der Waals surface area contributed by atoms with Crippen LogP contribution in [0.15, 0.2) is 60.9 Å². The fraction of sp³-hybridized carbons (Fsp3) is 0.273. The number of hydrogen-bond acceptors (Lipinski definition) is 3. The van der Waals surface area contributed by atoms with Gasteiger partial charge in [-0.05, 0) is 54.8 Å². The molecule has 28 heavy (non-hydrogen) atoms. The SMILES string of the molecule is Cn1ccnc1CN1CCCC1C(=O)Nc1ccc(-c2cccc(F)c2)cc1. The Hall–Kier alpha value is -2.99. The maximum Gasteiger partial charge on any atom is 0.241 e. The molecular weight excluding hydrogens is 355 g/mol. The van der Waals surface area contributed by atoms with Gasteiger partial charge in [-0.2, -0.15) is 0 Å². The summed E-state index contributed by atoms with van der Waals surface area (Å²) in [5.41, 5.74) is 2.47. The second kappa shape index (κ2) is 7.94. The molecule has 6 heteroatoms. The van der Waals surface area contributed by atoms with Crippen LogP contribution in [0, 0.1) is 5.82 Å². The second-order valence-corrected chi connectivity index (χ2v) is 7.16. The number of carbonyl (C=O) groups is 1. The third-order valence-electron chi connectivity index (χ3n) is 5.24. The van der Waals surface area contributed by atoms with Crippen molar-refractivity contribution in [3.05, 3.63) is 72.6 Å². The monoisotopic (exact) mass is 378 g/mol. The molecule has 1 aliphatic rings. The number of nitrogens with one attached hydrogen (secondary N) is 1. The molecule has 1 saturated heterocycles. The molecule has 144 valence electrons. The number of carbonyl (C=O) groups excluding carboxylic acids is 1. The van der Waals surface area contributed by atoms with Crippen molar-refractivity contribution in [3.8, 4) is 11.1 Å². The van der Waals surface area contributed by atoms with Gasteiger partial charge < -0.3 is 9.88 Å². The van der Waals surface area contributed by atoms with Crippen LogP contribution < -0.4 is 5.32 Å².